The Morgan fingerprint density at radius 1 is 1.33 bits per heavy atom. The zero-order valence-electron chi connectivity index (χ0n) is 14.0. The lowest BCUT2D eigenvalue weighted by atomic mass is 10.1. The van der Waals surface area contributed by atoms with Gasteiger partial charge >= 0.3 is 6.03 Å². The monoisotopic (exact) mass is 344 g/mol. The summed E-state index contributed by atoms with van der Waals surface area (Å²) in [4.78, 5) is 15.5. The molecule has 2 heterocycles. The fourth-order valence-corrected chi connectivity index (χ4v) is 3.77. The Bertz CT molecular complexity index is 656. The maximum absolute atomic E-state index is 12.2. The van der Waals surface area contributed by atoms with Crippen molar-refractivity contribution in [1.82, 2.24) is 10.2 Å². The van der Waals surface area contributed by atoms with Crippen molar-refractivity contribution in [3.05, 3.63) is 57.8 Å². The van der Waals surface area contributed by atoms with E-state index in [1.54, 1.807) is 11.3 Å². The first-order valence-electron chi connectivity index (χ1n) is 8.48. The number of rotatable bonds is 6. The SMILES string of the molecule is C[C@H](OCCCNC(=O)N1CCc2sccc2C1)c1ccccc1. The maximum atomic E-state index is 12.2. The van der Waals surface area contributed by atoms with E-state index >= 15 is 0 Å². The number of ether oxygens (including phenoxy) is 1. The highest BCUT2D eigenvalue weighted by atomic mass is 32.1. The molecule has 4 nitrogen and oxygen atoms in total. The summed E-state index contributed by atoms with van der Waals surface area (Å²) in [6.45, 7) is 4.88. The van der Waals surface area contributed by atoms with Crippen molar-refractivity contribution in [1.29, 1.82) is 0 Å². The van der Waals surface area contributed by atoms with Gasteiger partial charge in [-0.2, -0.15) is 0 Å². The molecule has 0 saturated heterocycles. The fourth-order valence-electron chi connectivity index (χ4n) is 2.88. The topological polar surface area (TPSA) is 41.6 Å². The van der Waals surface area contributed by atoms with Crippen LogP contribution in [0.25, 0.3) is 0 Å². The summed E-state index contributed by atoms with van der Waals surface area (Å²) in [5.41, 5.74) is 2.47. The van der Waals surface area contributed by atoms with Gasteiger partial charge in [0.15, 0.2) is 0 Å². The van der Waals surface area contributed by atoms with Crippen molar-refractivity contribution >= 4 is 17.4 Å². The lowest BCUT2D eigenvalue weighted by Crippen LogP contribution is -2.42. The third-order valence-electron chi connectivity index (χ3n) is 4.33. The van der Waals surface area contributed by atoms with Crippen LogP contribution in [0.1, 0.15) is 35.5 Å². The summed E-state index contributed by atoms with van der Waals surface area (Å²) >= 11 is 1.79. The molecule has 3 rings (SSSR count). The van der Waals surface area contributed by atoms with Crippen molar-refractivity contribution in [2.75, 3.05) is 19.7 Å². The van der Waals surface area contributed by atoms with Gasteiger partial charge in [0.1, 0.15) is 0 Å². The normalized spacial score (nSPS) is 15.0. The summed E-state index contributed by atoms with van der Waals surface area (Å²) in [5.74, 6) is 0. The van der Waals surface area contributed by atoms with Crippen LogP contribution in [-0.4, -0.2) is 30.6 Å². The lowest BCUT2D eigenvalue weighted by Gasteiger charge is -2.27. The number of nitrogens with zero attached hydrogens (tertiary/aromatic N) is 1. The molecule has 128 valence electrons. The molecule has 1 atom stereocenters. The molecule has 0 bridgehead atoms. The second-order valence-electron chi connectivity index (χ2n) is 6.05. The molecular weight excluding hydrogens is 320 g/mol. The average Bonchev–Trinajstić information content (AvgIpc) is 3.09. The van der Waals surface area contributed by atoms with Gasteiger partial charge in [0.05, 0.1) is 6.10 Å². The van der Waals surface area contributed by atoms with Crippen LogP contribution in [0.3, 0.4) is 0 Å². The summed E-state index contributed by atoms with van der Waals surface area (Å²) in [6, 6.07) is 12.3. The van der Waals surface area contributed by atoms with Crippen LogP contribution in [0.5, 0.6) is 0 Å². The third-order valence-corrected chi connectivity index (χ3v) is 5.35. The van der Waals surface area contributed by atoms with E-state index in [0.29, 0.717) is 13.2 Å². The Morgan fingerprint density at radius 2 is 2.17 bits per heavy atom. The maximum Gasteiger partial charge on any atom is 0.317 e. The second kappa shape index (κ2) is 8.31. The highest BCUT2D eigenvalue weighted by Gasteiger charge is 2.20. The predicted octanol–water partition coefficient (Wildman–Crippen LogP) is 3.98. The van der Waals surface area contributed by atoms with Crippen LogP contribution in [0.15, 0.2) is 41.8 Å². The number of fused-ring (bicyclic) bond motifs is 1. The first-order chi connectivity index (χ1) is 11.7. The molecule has 1 aliphatic rings. The van der Waals surface area contributed by atoms with Crippen molar-refractivity contribution in [3.63, 3.8) is 0 Å². The molecule has 1 aromatic carbocycles. The summed E-state index contributed by atoms with van der Waals surface area (Å²) in [7, 11) is 0. The Balaban J connectivity index is 1.33. The standard InChI is InChI=1S/C19H24N2O2S/c1-15(16-6-3-2-4-7-16)23-12-5-10-20-19(22)21-11-8-18-17(14-21)9-13-24-18/h2-4,6-7,9,13,15H,5,8,10-12,14H2,1H3,(H,20,22)/t15-/m0/s1. The number of carbonyl (C=O) groups excluding carboxylic acids is 1. The third kappa shape index (κ3) is 4.36. The molecule has 0 aliphatic carbocycles. The molecule has 0 fully saturated rings. The number of amides is 2. The molecule has 0 spiro atoms. The second-order valence-corrected chi connectivity index (χ2v) is 7.05. The molecule has 5 heteroatoms. The van der Waals surface area contributed by atoms with E-state index in [1.165, 1.54) is 16.0 Å². The molecule has 0 unspecified atom stereocenters. The molecule has 0 radical (unpaired) electrons. The number of thiophene rings is 1. The van der Waals surface area contributed by atoms with E-state index in [4.69, 9.17) is 4.74 Å². The van der Waals surface area contributed by atoms with Crippen LogP contribution in [0.4, 0.5) is 4.79 Å². The highest BCUT2D eigenvalue weighted by Crippen LogP contribution is 2.23. The molecule has 0 saturated carbocycles. The van der Waals surface area contributed by atoms with E-state index in [2.05, 4.69) is 35.8 Å². The van der Waals surface area contributed by atoms with Gasteiger partial charge in [0.2, 0.25) is 0 Å². The van der Waals surface area contributed by atoms with Gasteiger partial charge in [0.25, 0.3) is 0 Å². The zero-order valence-corrected chi connectivity index (χ0v) is 14.8. The Hall–Kier alpha value is -1.85. The van der Waals surface area contributed by atoms with E-state index < -0.39 is 0 Å². The van der Waals surface area contributed by atoms with Gasteiger partial charge in [-0.15, -0.1) is 11.3 Å². The van der Waals surface area contributed by atoms with Crippen molar-refractivity contribution < 1.29 is 9.53 Å². The quantitative estimate of drug-likeness (QED) is 0.805. The minimum absolute atomic E-state index is 0.0305. The van der Waals surface area contributed by atoms with E-state index in [1.807, 2.05) is 23.1 Å². The number of hydrogen-bond donors (Lipinski definition) is 1. The van der Waals surface area contributed by atoms with Gasteiger partial charge in [0, 0.05) is 31.1 Å². The zero-order chi connectivity index (χ0) is 16.8. The lowest BCUT2D eigenvalue weighted by molar-refractivity contribution is 0.0642. The molecule has 2 amide bonds. The van der Waals surface area contributed by atoms with Crippen LogP contribution >= 0.6 is 11.3 Å². The van der Waals surface area contributed by atoms with Crippen molar-refractivity contribution in [3.8, 4) is 0 Å². The number of hydrogen-bond acceptors (Lipinski definition) is 3. The highest BCUT2D eigenvalue weighted by molar-refractivity contribution is 7.10. The smallest absolute Gasteiger partial charge is 0.317 e. The van der Waals surface area contributed by atoms with Gasteiger partial charge in [-0.3, -0.25) is 0 Å². The number of benzene rings is 1. The van der Waals surface area contributed by atoms with Gasteiger partial charge in [-0.25, -0.2) is 4.79 Å². The minimum Gasteiger partial charge on any atom is -0.374 e. The largest absolute Gasteiger partial charge is 0.374 e. The van der Waals surface area contributed by atoms with Gasteiger partial charge in [-0.1, -0.05) is 30.3 Å². The molecule has 2 aromatic rings. The Labute approximate surface area is 147 Å². The van der Waals surface area contributed by atoms with E-state index in [0.717, 1.165) is 25.9 Å². The molecule has 24 heavy (non-hydrogen) atoms. The summed E-state index contributed by atoms with van der Waals surface area (Å²) < 4.78 is 5.83. The Morgan fingerprint density at radius 3 is 3.00 bits per heavy atom. The Kier molecular flexibility index (Phi) is 5.88. The first kappa shape index (κ1) is 17.0. The van der Waals surface area contributed by atoms with Crippen molar-refractivity contribution in [2.45, 2.75) is 32.4 Å². The minimum atomic E-state index is 0.0305. The number of nitrogens with one attached hydrogen (secondary N) is 1. The summed E-state index contributed by atoms with van der Waals surface area (Å²) in [6.07, 6.45) is 1.87. The summed E-state index contributed by atoms with van der Waals surface area (Å²) in [5, 5.41) is 5.11. The predicted molar refractivity (Wildman–Crippen MR) is 97.3 cm³/mol. The van der Waals surface area contributed by atoms with E-state index in [9.17, 15) is 4.79 Å². The number of carbonyl (C=O) groups is 1. The van der Waals surface area contributed by atoms with Crippen LogP contribution in [0, 0.1) is 0 Å². The fraction of sp³-hybridized carbons (Fsp3) is 0.421. The molecule has 1 N–H and O–H groups in total. The number of urea groups is 1. The molecule has 1 aliphatic heterocycles. The van der Waals surface area contributed by atoms with E-state index in [-0.39, 0.29) is 12.1 Å². The molecular formula is C19H24N2O2S. The van der Waals surface area contributed by atoms with Gasteiger partial charge < -0.3 is 15.0 Å². The average molecular weight is 344 g/mol. The first-order valence-corrected chi connectivity index (χ1v) is 9.36. The van der Waals surface area contributed by atoms with Crippen LogP contribution in [-0.2, 0) is 17.7 Å². The van der Waals surface area contributed by atoms with Crippen molar-refractivity contribution in [2.24, 2.45) is 0 Å². The van der Waals surface area contributed by atoms with Crippen LogP contribution < -0.4 is 5.32 Å². The van der Waals surface area contributed by atoms with Crippen LogP contribution in [0.2, 0.25) is 0 Å². The molecule has 1 aromatic heterocycles. The van der Waals surface area contributed by atoms with Gasteiger partial charge in [-0.05, 0) is 42.3 Å².